The number of benzene rings is 1. The summed E-state index contributed by atoms with van der Waals surface area (Å²) in [6.07, 6.45) is 0.882. The molecule has 0 aliphatic carbocycles. The van der Waals surface area contributed by atoms with Crippen LogP contribution in [0.3, 0.4) is 0 Å². The Kier molecular flexibility index (Phi) is 3.28. The van der Waals surface area contributed by atoms with E-state index in [1.165, 1.54) is 0 Å². The van der Waals surface area contributed by atoms with Gasteiger partial charge in [0.2, 0.25) is 4.96 Å². The van der Waals surface area contributed by atoms with E-state index in [-0.39, 0.29) is 0 Å². The highest BCUT2D eigenvalue weighted by Crippen LogP contribution is 2.30. The molecule has 3 rings (SSSR count). The second-order valence-electron chi connectivity index (χ2n) is 4.83. The van der Waals surface area contributed by atoms with Gasteiger partial charge in [-0.1, -0.05) is 43.4 Å². The first-order valence-electron chi connectivity index (χ1n) is 6.14. The van der Waals surface area contributed by atoms with E-state index in [1.807, 2.05) is 28.8 Å². The molecule has 0 N–H and O–H groups in total. The quantitative estimate of drug-likeness (QED) is 0.752. The number of rotatable bonds is 3. The molecule has 0 atom stereocenters. The lowest BCUT2D eigenvalue weighted by atomic mass is 10.1. The molecule has 0 amide bonds. The fraction of sp³-hybridized carbons (Fsp3) is 0.308. The van der Waals surface area contributed by atoms with Gasteiger partial charge in [0.1, 0.15) is 5.01 Å². The fourth-order valence-corrected chi connectivity index (χ4v) is 3.15. The molecule has 98 valence electrons. The molecule has 0 radical (unpaired) electrons. The van der Waals surface area contributed by atoms with Crippen molar-refractivity contribution in [3.8, 4) is 10.6 Å². The first kappa shape index (κ1) is 12.6. The van der Waals surface area contributed by atoms with Gasteiger partial charge < -0.3 is 0 Å². The van der Waals surface area contributed by atoms with Crippen LogP contribution in [0.1, 0.15) is 19.7 Å². The highest BCUT2D eigenvalue weighted by atomic mass is 32.1. The molecule has 6 heteroatoms. The van der Waals surface area contributed by atoms with Crippen molar-refractivity contribution in [2.45, 2.75) is 25.2 Å². The van der Waals surface area contributed by atoms with Gasteiger partial charge in [0, 0.05) is 16.9 Å². The maximum absolute atomic E-state index is 4.62. The van der Waals surface area contributed by atoms with Crippen molar-refractivity contribution in [1.82, 2.24) is 19.8 Å². The van der Waals surface area contributed by atoms with Crippen LogP contribution in [-0.2, 0) is 6.42 Å². The Morgan fingerprint density at radius 3 is 2.79 bits per heavy atom. The third-order valence-corrected chi connectivity index (χ3v) is 4.10. The molecule has 2 heterocycles. The Morgan fingerprint density at radius 2 is 2.05 bits per heavy atom. The van der Waals surface area contributed by atoms with E-state index in [1.54, 1.807) is 11.3 Å². The minimum Gasteiger partial charge on any atom is -0.187 e. The molecule has 4 nitrogen and oxygen atoms in total. The fourth-order valence-electron chi connectivity index (χ4n) is 1.91. The zero-order valence-corrected chi connectivity index (χ0v) is 12.4. The molecule has 0 aliphatic heterocycles. The molecule has 1 aromatic carbocycles. The largest absolute Gasteiger partial charge is 0.234 e. The van der Waals surface area contributed by atoms with Gasteiger partial charge >= 0.3 is 0 Å². The van der Waals surface area contributed by atoms with Crippen molar-refractivity contribution in [2.75, 3.05) is 0 Å². The zero-order valence-electron chi connectivity index (χ0n) is 10.7. The average molecular weight is 290 g/mol. The molecular weight excluding hydrogens is 276 g/mol. The summed E-state index contributed by atoms with van der Waals surface area (Å²) in [5.41, 5.74) is 1.04. The Hall–Kier alpha value is -1.40. The Morgan fingerprint density at radius 1 is 1.26 bits per heavy atom. The highest BCUT2D eigenvalue weighted by Gasteiger charge is 2.14. The van der Waals surface area contributed by atoms with Crippen molar-refractivity contribution in [3.05, 3.63) is 30.1 Å². The van der Waals surface area contributed by atoms with Gasteiger partial charge in [0.05, 0.1) is 0 Å². The Balaban J connectivity index is 2.07. The van der Waals surface area contributed by atoms with E-state index >= 15 is 0 Å². The summed E-state index contributed by atoms with van der Waals surface area (Å²) in [6.45, 7) is 4.33. The predicted octanol–water partition coefficient (Wildman–Crippen LogP) is 3.34. The van der Waals surface area contributed by atoms with Crippen LogP contribution >= 0.6 is 24.0 Å². The van der Waals surface area contributed by atoms with Crippen LogP contribution in [0.4, 0.5) is 0 Å². The molecule has 3 aromatic rings. The normalized spacial score (nSPS) is 11.6. The second-order valence-corrected chi connectivity index (χ2v) is 6.27. The number of aromatic nitrogens is 4. The number of thiol groups is 1. The smallest absolute Gasteiger partial charge is 0.187 e. The van der Waals surface area contributed by atoms with E-state index in [9.17, 15) is 0 Å². The lowest BCUT2D eigenvalue weighted by Crippen LogP contribution is -2.01. The van der Waals surface area contributed by atoms with Crippen molar-refractivity contribution in [2.24, 2.45) is 5.92 Å². The van der Waals surface area contributed by atoms with Crippen molar-refractivity contribution >= 4 is 28.9 Å². The molecular formula is C13H14N4S2. The molecule has 0 fully saturated rings. The van der Waals surface area contributed by atoms with Crippen LogP contribution in [0.2, 0.25) is 0 Å². The van der Waals surface area contributed by atoms with Crippen LogP contribution in [-0.4, -0.2) is 19.8 Å². The van der Waals surface area contributed by atoms with E-state index in [0.29, 0.717) is 5.92 Å². The van der Waals surface area contributed by atoms with Crippen LogP contribution in [0.5, 0.6) is 0 Å². The predicted molar refractivity (Wildman–Crippen MR) is 79.9 cm³/mol. The zero-order chi connectivity index (χ0) is 13.4. The molecule has 0 spiro atoms. The third-order valence-electron chi connectivity index (χ3n) is 2.78. The van der Waals surface area contributed by atoms with Crippen molar-refractivity contribution in [1.29, 1.82) is 0 Å². The maximum atomic E-state index is 4.62. The van der Waals surface area contributed by atoms with E-state index in [2.05, 4.69) is 41.8 Å². The number of fused-ring (bicyclic) bond motifs is 1. The lowest BCUT2D eigenvalue weighted by molar-refractivity contribution is 0.607. The summed E-state index contributed by atoms with van der Waals surface area (Å²) in [4.78, 5) is 1.76. The minimum absolute atomic E-state index is 0.537. The van der Waals surface area contributed by atoms with E-state index < -0.39 is 0 Å². The first-order valence-corrected chi connectivity index (χ1v) is 7.41. The van der Waals surface area contributed by atoms with Gasteiger partial charge in [0.15, 0.2) is 5.82 Å². The van der Waals surface area contributed by atoms with Gasteiger partial charge in [-0.3, -0.25) is 0 Å². The molecule has 0 unspecified atom stereocenters. The molecule has 0 bridgehead atoms. The second kappa shape index (κ2) is 4.94. The van der Waals surface area contributed by atoms with E-state index in [4.69, 9.17) is 0 Å². The summed E-state index contributed by atoms with van der Waals surface area (Å²) in [7, 11) is 0. The molecule has 0 saturated heterocycles. The average Bonchev–Trinajstić information content (AvgIpc) is 2.91. The van der Waals surface area contributed by atoms with Crippen molar-refractivity contribution < 1.29 is 0 Å². The maximum Gasteiger partial charge on any atom is 0.234 e. The summed E-state index contributed by atoms with van der Waals surface area (Å²) in [5.74, 6) is 1.46. The van der Waals surface area contributed by atoms with Gasteiger partial charge in [0.25, 0.3) is 0 Å². The van der Waals surface area contributed by atoms with Crippen LogP contribution in [0.25, 0.3) is 15.5 Å². The summed E-state index contributed by atoms with van der Waals surface area (Å²) in [5, 5.41) is 13.9. The van der Waals surface area contributed by atoms with Crippen molar-refractivity contribution in [3.63, 3.8) is 0 Å². The lowest BCUT2D eigenvalue weighted by Gasteiger charge is -2.00. The van der Waals surface area contributed by atoms with E-state index in [0.717, 1.165) is 32.7 Å². The summed E-state index contributed by atoms with van der Waals surface area (Å²) >= 11 is 6.02. The SMILES string of the molecule is CC(C)Cc1nnc2sc(-c3ccccc3S)nn12. The molecule has 2 aromatic heterocycles. The number of hydrogen-bond donors (Lipinski definition) is 1. The van der Waals surface area contributed by atoms with Gasteiger partial charge in [-0.2, -0.15) is 9.61 Å². The monoisotopic (exact) mass is 290 g/mol. The molecule has 19 heavy (non-hydrogen) atoms. The highest BCUT2D eigenvalue weighted by molar-refractivity contribution is 7.80. The minimum atomic E-state index is 0.537. The van der Waals surface area contributed by atoms with Gasteiger partial charge in [-0.25, -0.2) is 0 Å². The number of hydrogen-bond acceptors (Lipinski definition) is 5. The summed E-state index contributed by atoms with van der Waals surface area (Å²) < 4.78 is 1.85. The Bertz CT molecular complexity index is 714. The van der Waals surface area contributed by atoms with Crippen LogP contribution in [0.15, 0.2) is 29.2 Å². The Labute approximate surface area is 120 Å². The summed E-state index contributed by atoms with van der Waals surface area (Å²) in [6, 6.07) is 7.95. The third kappa shape index (κ3) is 2.37. The van der Waals surface area contributed by atoms with Gasteiger partial charge in [-0.05, 0) is 12.0 Å². The standard InChI is InChI=1S/C13H14N4S2/c1-8(2)7-11-14-15-13-17(11)16-12(19-13)9-5-3-4-6-10(9)18/h3-6,8,18H,7H2,1-2H3. The first-order chi connectivity index (χ1) is 9.15. The number of nitrogens with zero attached hydrogens (tertiary/aromatic N) is 4. The molecule has 0 aliphatic rings. The molecule has 0 saturated carbocycles. The van der Waals surface area contributed by atoms with Gasteiger partial charge in [-0.15, -0.1) is 22.8 Å². The van der Waals surface area contributed by atoms with Crippen LogP contribution in [0, 0.1) is 5.92 Å². The topological polar surface area (TPSA) is 43.1 Å². The van der Waals surface area contributed by atoms with Crippen LogP contribution < -0.4 is 0 Å².